The number of aromatic nitrogens is 1. The van der Waals surface area contributed by atoms with Gasteiger partial charge in [-0.15, -0.1) is 0 Å². The highest BCUT2D eigenvalue weighted by atomic mass is 32.2. The smallest absolute Gasteiger partial charge is 0.175 e. The van der Waals surface area contributed by atoms with Crippen molar-refractivity contribution in [2.24, 2.45) is 4.99 Å². The van der Waals surface area contributed by atoms with Gasteiger partial charge in [0.2, 0.25) is 0 Å². The highest BCUT2D eigenvalue weighted by Gasteiger charge is 2.43. The van der Waals surface area contributed by atoms with Gasteiger partial charge in [0.15, 0.2) is 10.9 Å². The molecule has 1 atom stereocenters. The molecule has 1 aliphatic rings. The van der Waals surface area contributed by atoms with E-state index in [1.807, 2.05) is 54.4 Å². The number of benzene rings is 1. The number of thioether (sulfide) groups is 1. The van der Waals surface area contributed by atoms with E-state index in [0.717, 1.165) is 22.0 Å². The molecule has 24 heavy (non-hydrogen) atoms. The lowest BCUT2D eigenvalue weighted by Crippen LogP contribution is -2.44. The Morgan fingerprint density at radius 3 is 2.75 bits per heavy atom. The number of nitrogens with zero attached hydrogens (tertiary/aromatic N) is 3. The summed E-state index contributed by atoms with van der Waals surface area (Å²) in [6.07, 6.45) is 3.57. The SMILES string of the molecule is CCN1C(=NCc2cccnc2)SC[C@@]1(O)c1ccc(OC)cc1. The third-order valence-electron chi connectivity index (χ3n) is 4.07. The topological polar surface area (TPSA) is 58.0 Å². The molecule has 0 saturated carbocycles. The van der Waals surface area contributed by atoms with Crippen LogP contribution in [0.1, 0.15) is 18.1 Å². The van der Waals surface area contributed by atoms with Crippen LogP contribution in [0.4, 0.5) is 0 Å². The number of aliphatic imine (C=N–C) groups is 1. The molecule has 1 aromatic heterocycles. The van der Waals surface area contributed by atoms with Gasteiger partial charge in [0, 0.05) is 24.5 Å². The summed E-state index contributed by atoms with van der Waals surface area (Å²) in [5, 5.41) is 12.1. The van der Waals surface area contributed by atoms with E-state index in [4.69, 9.17) is 4.74 Å². The molecule has 5 nitrogen and oxygen atoms in total. The predicted octanol–water partition coefficient (Wildman–Crippen LogP) is 2.86. The normalized spacial score (nSPS) is 22.1. The van der Waals surface area contributed by atoms with Crippen LogP contribution >= 0.6 is 11.8 Å². The molecule has 1 fully saturated rings. The molecule has 0 aliphatic carbocycles. The first-order chi connectivity index (χ1) is 11.7. The summed E-state index contributed by atoms with van der Waals surface area (Å²) in [6, 6.07) is 11.5. The summed E-state index contributed by atoms with van der Waals surface area (Å²) in [6.45, 7) is 3.27. The Hall–Kier alpha value is -2.05. The Labute approximate surface area is 146 Å². The van der Waals surface area contributed by atoms with Gasteiger partial charge in [-0.3, -0.25) is 9.98 Å². The second-order valence-corrected chi connectivity index (χ2v) is 6.48. The van der Waals surface area contributed by atoms with Crippen LogP contribution in [0.2, 0.25) is 0 Å². The van der Waals surface area contributed by atoms with Crippen molar-refractivity contribution in [3.8, 4) is 5.75 Å². The summed E-state index contributed by atoms with van der Waals surface area (Å²) in [7, 11) is 1.64. The maximum absolute atomic E-state index is 11.2. The lowest BCUT2D eigenvalue weighted by atomic mass is 10.0. The highest BCUT2D eigenvalue weighted by molar-refractivity contribution is 8.14. The van der Waals surface area contributed by atoms with Crippen molar-refractivity contribution in [1.82, 2.24) is 9.88 Å². The zero-order valence-electron chi connectivity index (χ0n) is 13.8. The molecule has 2 heterocycles. The van der Waals surface area contributed by atoms with Crippen molar-refractivity contribution < 1.29 is 9.84 Å². The Morgan fingerprint density at radius 2 is 2.12 bits per heavy atom. The third-order valence-corrected chi connectivity index (χ3v) is 5.22. The van der Waals surface area contributed by atoms with Crippen molar-refractivity contribution in [3.05, 3.63) is 59.9 Å². The quantitative estimate of drug-likeness (QED) is 0.905. The average Bonchev–Trinajstić information content (AvgIpc) is 2.97. The van der Waals surface area contributed by atoms with Crippen molar-refractivity contribution in [2.45, 2.75) is 19.2 Å². The zero-order valence-corrected chi connectivity index (χ0v) is 14.7. The van der Waals surface area contributed by atoms with Crippen LogP contribution in [-0.4, -0.2) is 39.6 Å². The molecule has 1 N–H and O–H groups in total. The molecule has 0 spiro atoms. The van der Waals surface area contributed by atoms with E-state index in [1.54, 1.807) is 25.1 Å². The Kier molecular flexibility index (Phi) is 5.06. The second kappa shape index (κ2) is 7.23. The number of aliphatic hydroxyl groups is 1. The van der Waals surface area contributed by atoms with Crippen LogP contribution in [-0.2, 0) is 12.3 Å². The number of rotatable bonds is 5. The maximum atomic E-state index is 11.2. The minimum atomic E-state index is -1.04. The minimum Gasteiger partial charge on any atom is -0.497 e. The van der Waals surface area contributed by atoms with E-state index in [-0.39, 0.29) is 0 Å². The summed E-state index contributed by atoms with van der Waals surface area (Å²) in [5.74, 6) is 1.33. The van der Waals surface area contributed by atoms with Gasteiger partial charge >= 0.3 is 0 Å². The summed E-state index contributed by atoms with van der Waals surface area (Å²) in [4.78, 5) is 10.7. The Balaban J connectivity index is 1.82. The first-order valence-electron chi connectivity index (χ1n) is 7.88. The van der Waals surface area contributed by atoms with E-state index < -0.39 is 5.72 Å². The third kappa shape index (κ3) is 3.25. The molecule has 1 saturated heterocycles. The number of pyridine rings is 1. The number of methoxy groups -OCH3 is 1. The molecule has 6 heteroatoms. The van der Waals surface area contributed by atoms with Gasteiger partial charge in [0.1, 0.15) is 5.75 Å². The Morgan fingerprint density at radius 1 is 1.33 bits per heavy atom. The van der Waals surface area contributed by atoms with E-state index in [2.05, 4.69) is 9.98 Å². The van der Waals surface area contributed by atoms with E-state index >= 15 is 0 Å². The number of hydrogen-bond donors (Lipinski definition) is 1. The molecule has 2 aromatic rings. The standard InChI is InChI=1S/C18H21N3O2S/c1-3-21-17(20-12-14-5-4-10-19-11-14)24-13-18(21,22)15-6-8-16(23-2)9-7-15/h4-11,22H,3,12-13H2,1-2H3/t18-/m1/s1. The van der Waals surface area contributed by atoms with Gasteiger partial charge in [-0.05, 0) is 30.7 Å². The van der Waals surface area contributed by atoms with Gasteiger partial charge in [-0.2, -0.15) is 0 Å². The Bertz CT molecular complexity index is 706. The monoisotopic (exact) mass is 343 g/mol. The summed E-state index contributed by atoms with van der Waals surface area (Å²) < 4.78 is 5.20. The molecular weight excluding hydrogens is 322 g/mol. The van der Waals surface area contributed by atoms with Crippen LogP contribution in [0.25, 0.3) is 0 Å². The molecule has 3 rings (SSSR count). The number of hydrogen-bond acceptors (Lipinski definition) is 5. The predicted molar refractivity (Wildman–Crippen MR) is 97.1 cm³/mol. The van der Waals surface area contributed by atoms with E-state index in [9.17, 15) is 5.11 Å². The molecule has 126 valence electrons. The van der Waals surface area contributed by atoms with Crippen molar-refractivity contribution >= 4 is 16.9 Å². The summed E-state index contributed by atoms with van der Waals surface area (Å²) in [5.41, 5.74) is 0.866. The van der Waals surface area contributed by atoms with Gasteiger partial charge in [0.25, 0.3) is 0 Å². The van der Waals surface area contributed by atoms with Gasteiger partial charge in [-0.1, -0.05) is 30.0 Å². The molecule has 1 aromatic carbocycles. The molecule has 0 amide bonds. The number of amidine groups is 1. The minimum absolute atomic E-state index is 0.555. The lowest BCUT2D eigenvalue weighted by Gasteiger charge is -2.33. The van der Waals surface area contributed by atoms with Gasteiger partial charge in [0.05, 0.1) is 19.4 Å². The fourth-order valence-electron chi connectivity index (χ4n) is 2.75. The van der Waals surface area contributed by atoms with Crippen molar-refractivity contribution in [2.75, 3.05) is 19.4 Å². The van der Waals surface area contributed by atoms with Crippen molar-refractivity contribution in [1.29, 1.82) is 0 Å². The van der Waals surface area contributed by atoms with Crippen LogP contribution in [0, 0.1) is 0 Å². The molecule has 1 aliphatic heterocycles. The first kappa shape index (κ1) is 16.8. The second-order valence-electron chi connectivity index (χ2n) is 5.54. The van der Waals surface area contributed by atoms with E-state index in [1.165, 1.54) is 0 Å². The van der Waals surface area contributed by atoms with Crippen LogP contribution in [0.5, 0.6) is 5.75 Å². The molecule has 0 radical (unpaired) electrons. The van der Waals surface area contributed by atoms with Gasteiger partial charge < -0.3 is 14.7 Å². The maximum Gasteiger partial charge on any atom is 0.175 e. The fraction of sp³-hybridized carbons (Fsp3) is 0.333. The number of ether oxygens (including phenoxy) is 1. The zero-order chi connectivity index (χ0) is 17.0. The molecule has 0 bridgehead atoms. The van der Waals surface area contributed by atoms with Crippen LogP contribution < -0.4 is 4.74 Å². The average molecular weight is 343 g/mol. The van der Waals surface area contributed by atoms with Crippen molar-refractivity contribution in [3.63, 3.8) is 0 Å². The first-order valence-corrected chi connectivity index (χ1v) is 8.86. The summed E-state index contributed by atoms with van der Waals surface area (Å²) >= 11 is 1.58. The van der Waals surface area contributed by atoms with Crippen LogP contribution in [0.3, 0.4) is 0 Å². The van der Waals surface area contributed by atoms with Crippen LogP contribution in [0.15, 0.2) is 53.8 Å². The van der Waals surface area contributed by atoms with E-state index in [0.29, 0.717) is 18.8 Å². The highest BCUT2D eigenvalue weighted by Crippen LogP contribution is 2.39. The largest absolute Gasteiger partial charge is 0.497 e. The van der Waals surface area contributed by atoms with Gasteiger partial charge in [-0.25, -0.2) is 0 Å². The fourth-order valence-corrected chi connectivity index (χ4v) is 4.00. The molecular formula is C18H21N3O2S. The lowest BCUT2D eigenvalue weighted by molar-refractivity contribution is -0.0454. The molecule has 0 unspecified atom stereocenters.